The van der Waals surface area contributed by atoms with Gasteiger partial charge in [0.25, 0.3) is 0 Å². The summed E-state index contributed by atoms with van der Waals surface area (Å²) in [5.74, 6) is 1.87. The molecule has 0 aliphatic carbocycles. The van der Waals surface area contributed by atoms with Gasteiger partial charge < -0.3 is 4.74 Å². The van der Waals surface area contributed by atoms with Crippen molar-refractivity contribution in [3.8, 4) is 22.8 Å². The molecule has 6 rings (SSSR count). The molecular weight excluding hydrogens is 510 g/mol. The molecule has 218 valence electrons. The van der Waals surface area contributed by atoms with Crippen LogP contribution in [0.1, 0.15) is 85.9 Å². The van der Waals surface area contributed by atoms with Crippen molar-refractivity contribution < 1.29 is 10.7 Å². The number of hydrogen-bond donors (Lipinski definition) is 0. The summed E-state index contributed by atoms with van der Waals surface area (Å²) in [7, 11) is 2.04. The normalized spacial score (nSPS) is 13.9. The Morgan fingerprint density at radius 3 is 2.07 bits per heavy atom. The molecule has 0 N–H and O–H groups in total. The second-order valence-corrected chi connectivity index (χ2v) is 16.4. The quantitative estimate of drug-likeness (QED) is 0.155. The average Bonchev–Trinajstić information content (AvgIpc) is 2.87. The Bertz CT molecular complexity index is 1940. The molecule has 1 aromatic heterocycles. The maximum atomic E-state index is 9.14. The Morgan fingerprint density at radius 1 is 0.714 bits per heavy atom. The summed E-state index contributed by atoms with van der Waals surface area (Å²) in [6.07, 6.45) is 3.41. The van der Waals surface area contributed by atoms with Gasteiger partial charge in [-0.2, -0.15) is 0 Å². The van der Waals surface area contributed by atoms with E-state index >= 15 is 0 Å². The van der Waals surface area contributed by atoms with Crippen LogP contribution < -0.4 is 9.30 Å². The molecule has 0 fully saturated rings. The van der Waals surface area contributed by atoms with E-state index in [1.165, 1.54) is 43.8 Å². The van der Waals surface area contributed by atoms with Crippen LogP contribution in [0.3, 0.4) is 0 Å². The molecule has 5 aromatic rings. The predicted octanol–water partition coefficient (Wildman–Crippen LogP) is 10.8. The minimum atomic E-state index is 0.0711. The van der Waals surface area contributed by atoms with Gasteiger partial charge in [0.2, 0.25) is 5.69 Å². The van der Waals surface area contributed by atoms with Crippen LogP contribution in [0.25, 0.3) is 43.6 Å². The molecule has 4 aromatic carbocycles. The molecule has 42 heavy (non-hydrogen) atoms. The number of aryl methyl sites for hydroxylation is 1. The molecule has 0 saturated carbocycles. The zero-order valence-corrected chi connectivity index (χ0v) is 27.6. The highest BCUT2D eigenvalue weighted by molar-refractivity contribution is 6.16. The molecule has 0 unspecified atom stereocenters. The van der Waals surface area contributed by atoms with Gasteiger partial charge in [-0.05, 0) is 86.7 Å². The molecule has 0 bridgehead atoms. The summed E-state index contributed by atoms with van der Waals surface area (Å²) in [6, 6.07) is 18.0. The van der Waals surface area contributed by atoms with Crippen molar-refractivity contribution in [2.75, 3.05) is 0 Å². The minimum absolute atomic E-state index is 0.0711. The molecule has 0 atom stereocenters. The minimum Gasteiger partial charge on any atom is -0.455 e. The third-order valence-corrected chi connectivity index (χ3v) is 8.55. The number of benzene rings is 4. The first kappa shape index (κ1) is 27.4. The molecule has 0 radical (unpaired) electrons. The summed E-state index contributed by atoms with van der Waals surface area (Å²) in [6.45, 7) is 23.0. The molecule has 2 heteroatoms. The van der Waals surface area contributed by atoms with Crippen LogP contribution in [-0.2, 0) is 26.3 Å². The SMILES string of the molecule is [2H]c1cc2c3c(cc4c(CC(C)(C)C)cccc42)Oc2c(c(C)c4cc(CC(C)(C)C)ccc4c2CC(C)(C)C)-c3[n+]1C. The highest BCUT2D eigenvalue weighted by atomic mass is 16.5. The van der Waals surface area contributed by atoms with Crippen LogP contribution >= 0.6 is 0 Å². The van der Waals surface area contributed by atoms with E-state index in [2.05, 4.69) is 116 Å². The summed E-state index contributed by atoms with van der Waals surface area (Å²) < 4.78 is 18.3. The van der Waals surface area contributed by atoms with Crippen LogP contribution in [0.2, 0.25) is 0 Å². The first-order valence-corrected chi connectivity index (χ1v) is 15.6. The number of nitrogens with zero attached hydrogens (tertiary/aromatic N) is 1. The Hall–Kier alpha value is -3.39. The third-order valence-electron chi connectivity index (χ3n) is 8.55. The smallest absolute Gasteiger partial charge is 0.228 e. The van der Waals surface area contributed by atoms with Gasteiger partial charge in [-0.25, -0.2) is 4.57 Å². The summed E-state index contributed by atoms with van der Waals surface area (Å²) in [4.78, 5) is 0. The zero-order chi connectivity index (χ0) is 31.2. The molecule has 1 aliphatic rings. The molecule has 0 spiro atoms. The fraction of sp³-hybridized carbons (Fsp3) is 0.425. The standard InChI is InChI=1S/C40H48NO/c1-24-30-19-25(21-38(2,3)4)15-16-28(30)32(23-40(8,9)10)37-34(24)36-35-29(17-18-41(36)11)27-14-12-13-26(22-39(5,6)7)31(27)20-33(35)42-37/h12-20H,21-23H2,1-11H3/q+1/i18D. The van der Waals surface area contributed by atoms with Crippen molar-refractivity contribution >= 4 is 32.3 Å². The second-order valence-electron chi connectivity index (χ2n) is 16.4. The molecular formula is C40H48NO+. The van der Waals surface area contributed by atoms with Gasteiger partial charge in [-0.15, -0.1) is 0 Å². The largest absolute Gasteiger partial charge is 0.455 e. The molecule has 0 amide bonds. The van der Waals surface area contributed by atoms with E-state index in [0.717, 1.165) is 52.8 Å². The Labute approximate surface area is 254 Å². The van der Waals surface area contributed by atoms with Crippen LogP contribution in [-0.4, -0.2) is 0 Å². The van der Waals surface area contributed by atoms with E-state index in [1.807, 2.05) is 13.1 Å². The summed E-state index contributed by atoms with van der Waals surface area (Å²) in [5, 5.41) is 7.21. The third kappa shape index (κ3) is 5.08. The lowest BCUT2D eigenvalue weighted by atomic mass is 9.80. The highest BCUT2D eigenvalue weighted by Gasteiger charge is 2.34. The van der Waals surface area contributed by atoms with Crippen molar-refractivity contribution in [1.82, 2.24) is 0 Å². The highest BCUT2D eigenvalue weighted by Crippen LogP contribution is 2.53. The van der Waals surface area contributed by atoms with Crippen molar-refractivity contribution in [2.24, 2.45) is 23.3 Å². The summed E-state index contributed by atoms with van der Waals surface area (Å²) >= 11 is 0. The molecule has 2 heterocycles. The van der Waals surface area contributed by atoms with Crippen molar-refractivity contribution in [1.29, 1.82) is 0 Å². The first-order valence-electron chi connectivity index (χ1n) is 16.1. The topological polar surface area (TPSA) is 13.1 Å². The van der Waals surface area contributed by atoms with Gasteiger partial charge >= 0.3 is 0 Å². The van der Waals surface area contributed by atoms with Gasteiger partial charge in [-0.3, -0.25) is 0 Å². The van der Waals surface area contributed by atoms with E-state index in [4.69, 9.17) is 6.11 Å². The van der Waals surface area contributed by atoms with Gasteiger partial charge in [-0.1, -0.05) is 98.7 Å². The van der Waals surface area contributed by atoms with Crippen LogP contribution in [0.15, 0.2) is 54.7 Å². The molecule has 1 aliphatic heterocycles. The first-order chi connectivity index (χ1) is 19.9. The zero-order valence-electron chi connectivity index (χ0n) is 28.6. The Morgan fingerprint density at radius 2 is 1.40 bits per heavy atom. The van der Waals surface area contributed by atoms with E-state index in [-0.39, 0.29) is 16.2 Å². The Kier molecular flexibility index (Phi) is 6.25. The fourth-order valence-corrected chi connectivity index (χ4v) is 7.05. The summed E-state index contributed by atoms with van der Waals surface area (Å²) in [5.41, 5.74) is 7.86. The number of rotatable bonds is 3. The van der Waals surface area contributed by atoms with Gasteiger partial charge in [0.1, 0.15) is 19.9 Å². The van der Waals surface area contributed by atoms with Crippen LogP contribution in [0, 0.1) is 23.2 Å². The van der Waals surface area contributed by atoms with Gasteiger partial charge in [0, 0.05) is 17.0 Å². The molecule has 2 nitrogen and oxygen atoms in total. The fourth-order valence-electron chi connectivity index (χ4n) is 7.05. The van der Waals surface area contributed by atoms with Crippen molar-refractivity contribution in [2.45, 2.75) is 88.5 Å². The van der Waals surface area contributed by atoms with E-state index in [0.29, 0.717) is 6.17 Å². The van der Waals surface area contributed by atoms with Gasteiger partial charge in [0.05, 0.1) is 10.9 Å². The Balaban J connectivity index is 1.75. The average molecular weight is 560 g/mol. The van der Waals surface area contributed by atoms with E-state index in [1.54, 1.807) is 0 Å². The lowest BCUT2D eigenvalue weighted by molar-refractivity contribution is -0.659. The predicted molar refractivity (Wildman–Crippen MR) is 180 cm³/mol. The second kappa shape index (κ2) is 9.56. The monoisotopic (exact) mass is 559 g/mol. The van der Waals surface area contributed by atoms with Crippen molar-refractivity contribution in [3.05, 3.63) is 77.0 Å². The number of ether oxygens (including phenoxy) is 1. The van der Waals surface area contributed by atoms with Crippen LogP contribution in [0.5, 0.6) is 11.5 Å². The molecule has 0 saturated heterocycles. The van der Waals surface area contributed by atoms with E-state index < -0.39 is 0 Å². The van der Waals surface area contributed by atoms with Crippen molar-refractivity contribution in [3.63, 3.8) is 0 Å². The lowest BCUT2D eigenvalue weighted by Gasteiger charge is -2.29. The van der Waals surface area contributed by atoms with Crippen LogP contribution in [0.4, 0.5) is 0 Å². The maximum Gasteiger partial charge on any atom is 0.228 e. The van der Waals surface area contributed by atoms with E-state index in [9.17, 15) is 0 Å². The lowest BCUT2D eigenvalue weighted by Crippen LogP contribution is -2.32. The van der Waals surface area contributed by atoms with Gasteiger partial charge in [0.15, 0.2) is 6.17 Å². The number of hydrogen-bond acceptors (Lipinski definition) is 1. The maximum absolute atomic E-state index is 9.14. The number of aromatic nitrogens is 1. The number of pyridine rings is 1. The number of fused-ring (bicyclic) bond motifs is 5.